The fourth-order valence-corrected chi connectivity index (χ4v) is 9.83. The molecular weight excluding hydrogens is 765 g/mol. The van der Waals surface area contributed by atoms with E-state index in [0.717, 1.165) is 0 Å². The van der Waals surface area contributed by atoms with Crippen LogP contribution in [-0.2, 0) is 40.8 Å². The van der Waals surface area contributed by atoms with Gasteiger partial charge in [-0.05, 0) is 95.6 Å². The van der Waals surface area contributed by atoms with E-state index in [-0.39, 0.29) is 49.0 Å². The van der Waals surface area contributed by atoms with Gasteiger partial charge in [-0.2, -0.15) is 0 Å². The molecule has 0 heterocycles. The number of carboxylic acids is 2. The molecule has 6 N–H and O–H groups in total. The second-order valence-electron chi connectivity index (χ2n) is 21.3. The number of hydrogen-bond donors (Lipinski definition) is 6. The summed E-state index contributed by atoms with van der Waals surface area (Å²) >= 11 is 1.24. The molecule has 2 aromatic rings. The van der Waals surface area contributed by atoms with Gasteiger partial charge in [-0.3, -0.25) is 19.2 Å². The first-order chi connectivity index (χ1) is 26.6. The van der Waals surface area contributed by atoms with Gasteiger partial charge in [0.05, 0.1) is 10.8 Å². The predicted molar refractivity (Wildman–Crippen MR) is 241 cm³/mol. The van der Waals surface area contributed by atoms with E-state index in [1.165, 1.54) is 11.8 Å². The van der Waals surface area contributed by atoms with Gasteiger partial charge in [0.25, 0.3) is 0 Å². The number of aliphatic carboxylic acids is 2. The molecule has 0 spiro atoms. The standard InChI is InChI=1S/C48H76N2O8S/c1-19-35(51)49-27(3)25-47(17,41(55)56)39(29-21-31(43(5,6)7)37(53)32(22-29)44(8,9)10)59-40(48(18,42(57)58)26-28(4)50-36(52)20-2)30-23-33(45(11,12)13)38(54)34(24-30)46(14,15)16/h21-24,27-28,39-40,53-54H,19-20,25-26H2,1-18H3,(H,49,51)(H,50,52)(H,55,56)(H,57,58). The molecule has 332 valence electrons. The molecule has 59 heavy (non-hydrogen) atoms. The third-order valence-electron chi connectivity index (χ3n) is 11.4. The first-order valence-corrected chi connectivity index (χ1v) is 22.0. The van der Waals surface area contributed by atoms with E-state index in [0.29, 0.717) is 33.4 Å². The van der Waals surface area contributed by atoms with Crippen LogP contribution in [0.15, 0.2) is 24.3 Å². The van der Waals surface area contributed by atoms with Gasteiger partial charge in [0.15, 0.2) is 0 Å². The Hall–Kier alpha value is -3.73. The minimum Gasteiger partial charge on any atom is -0.507 e. The zero-order valence-corrected chi connectivity index (χ0v) is 40.1. The van der Waals surface area contributed by atoms with Crippen molar-refractivity contribution in [1.29, 1.82) is 0 Å². The fourth-order valence-electron chi connectivity index (χ4n) is 7.97. The van der Waals surface area contributed by atoms with E-state index in [4.69, 9.17) is 0 Å². The van der Waals surface area contributed by atoms with Crippen LogP contribution in [0, 0.1) is 10.8 Å². The number of carboxylic acid groups (broad SMARTS) is 2. The van der Waals surface area contributed by atoms with Crippen LogP contribution in [-0.4, -0.2) is 56.3 Å². The molecule has 0 aliphatic heterocycles. The third-order valence-corrected chi connectivity index (χ3v) is 13.6. The zero-order valence-electron chi connectivity index (χ0n) is 39.3. The van der Waals surface area contributed by atoms with Crippen LogP contribution in [0.4, 0.5) is 0 Å². The quantitative estimate of drug-likeness (QED) is 0.0962. The molecule has 0 aliphatic carbocycles. The van der Waals surface area contributed by atoms with Crippen LogP contribution >= 0.6 is 11.8 Å². The molecule has 0 radical (unpaired) electrons. The molecule has 0 aromatic heterocycles. The Morgan fingerprint density at radius 1 is 0.525 bits per heavy atom. The van der Waals surface area contributed by atoms with Gasteiger partial charge in [-0.1, -0.05) is 121 Å². The van der Waals surface area contributed by atoms with Crippen LogP contribution in [0.3, 0.4) is 0 Å². The smallest absolute Gasteiger partial charge is 0.310 e. The maximum absolute atomic E-state index is 14.0. The molecule has 6 atom stereocenters. The minimum atomic E-state index is -1.62. The van der Waals surface area contributed by atoms with Crippen molar-refractivity contribution in [1.82, 2.24) is 10.6 Å². The van der Waals surface area contributed by atoms with Crippen molar-refractivity contribution >= 4 is 35.5 Å². The summed E-state index contributed by atoms with van der Waals surface area (Å²) < 4.78 is 0. The topological polar surface area (TPSA) is 173 Å². The minimum absolute atomic E-state index is 0.00214. The number of rotatable bonds is 16. The number of amides is 2. The van der Waals surface area contributed by atoms with E-state index in [2.05, 4.69) is 10.6 Å². The lowest BCUT2D eigenvalue weighted by molar-refractivity contribution is -0.149. The summed E-state index contributed by atoms with van der Waals surface area (Å²) in [5.74, 6) is -2.48. The Labute approximate surface area is 359 Å². The van der Waals surface area contributed by atoms with Crippen molar-refractivity contribution in [2.75, 3.05) is 0 Å². The van der Waals surface area contributed by atoms with Crippen molar-refractivity contribution in [3.8, 4) is 11.5 Å². The average Bonchev–Trinajstić information content (AvgIpc) is 3.06. The number of nitrogens with one attached hydrogen (secondary N) is 2. The number of hydrogen-bond acceptors (Lipinski definition) is 7. The Balaban J connectivity index is 3.39. The van der Waals surface area contributed by atoms with E-state index in [9.17, 15) is 39.6 Å². The van der Waals surface area contributed by atoms with Gasteiger partial charge >= 0.3 is 11.9 Å². The normalized spacial score (nSPS) is 16.8. The lowest BCUT2D eigenvalue weighted by atomic mass is 9.73. The van der Waals surface area contributed by atoms with Gasteiger partial charge in [0.1, 0.15) is 11.5 Å². The Morgan fingerprint density at radius 2 is 0.763 bits per heavy atom. The third kappa shape index (κ3) is 12.2. The van der Waals surface area contributed by atoms with Crippen molar-refractivity contribution in [3.05, 3.63) is 57.6 Å². The number of phenolic OH excluding ortho intramolecular Hbond substituents is 2. The molecule has 0 aliphatic rings. The number of carbonyl (C=O) groups is 4. The van der Waals surface area contributed by atoms with Crippen LogP contribution in [0.5, 0.6) is 11.5 Å². The molecule has 0 fully saturated rings. The molecule has 2 rings (SSSR count). The number of phenols is 2. The summed E-state index contributed by atoms with van der Waals surface area (Å²) in [6.45, 7) is 34.1. The largest absolute Gasteiger partial charge is 0.507 e. The number of carbonyl (C=O) groups excluding carboxylic acids is 2. The monoisotopic (exact) mass is 841 g/mol. The van der Waals surface area contributed by atoms with Crippen LogP contribution in [0.2, 0.25) is 0 Å². The summed E-state index contributed by atoms with van der Waals surface area (Å²) in [5, 5.41) is 50.6. The predicted octanol–water partition coefficient (Wildman–Crippen LogP) is 10.6. The summed E-state index contributed by atoms with van der Waals surface area (Å²) in [6, 6.07) is 6.28. The average molecular weight is 841 g/mol. The van der Waals surface area contributed by atoms with Crippen LogP contribution < -0.4 is 10.6 Å². The lowest BCUT2D eigenvalue weighted by Crippen LogP contribution is -2.44. The summed E-state index contributed by atoms with van der Waals surface area (Å²) in [7, 11) is 0. The Bertz CT molecular complexity index is 1660. The first-order valence-electron chi connectivity index (χ1n) is 21.0. The van der Waals surface area contributed by atoms with E-state index in [1.807, 2.05) is 107 Å². The van der Waals surface area contributed by atoms with Crippen molar-refractivity contribution < 1.29 is 39.6 Å². The molecule has 0 saturated heterocycles. The molecule has 11 heteroatoms. The van der Waals surface area contributed by atoms with E-state index in [1.54, 1.807) is 41.5 Å². The van der Waals surface area contributed by atoms with Gasteiger partial charge in [-0.15, -0.1) is 11.8 Å². The van der Waals surface area contributed by atoms with Gasteiger partial charge in [-0.25, -0.2) is 0 Å². The van der Waals surface area contributed by atoms with Crippen LogP contribution in [0.25, 0.3) is 0 Å². The number of benzene rings is 2. The summed E-state index contributed by atoms with van der Waals surface area (Å²) in [4.78, 5) is 53.4. The summed E-state index contributed by atoms with van der Waals surface area (Å²) in [6.07, 6.45) is 0.426. The molecule has 2 amide bonds. The summed E-state index contributed by atoms with van der Waals surface area (Å²) in [5.41, 5.74) is -1.86. The van der Waals surface area contributed by atoms with E-state index >= 15 is 0 Å². The zero-order chi connectivity index (χ0) is 46.0. The maximum atomic E-state index is 14.0. The molecule has 2 aromatic carbocycles. The van der Waals surface area contributed by atoms with Crippen molar-refractivity contribution in [3.63, 3.8) is 0 Å². The van der Waals surface area contributed by atoms with Crippen molar-refractivity contribution in [2.24, 2.45) is 10.8 Å². The number of thioether (sulfide) groups is 1. The molecule has 6 unspecified atom stereocenters. The number of aromatic hydroxyl groups is 2. The molecule has 0 saturated carbocycles. The highest BCUT2D eigenvalue weighted by molar-refractivity contribution is 7.99. The lowest BCUT2D eigenvalue weighted by Gasteiger charge is -2.43. The Kier molecular flexibility index (Phi) is 16.1. The van der Waals surface area contributed by atoms with Gasteiger partial charge < -0.3 is 31.1 Å². The Morgan fingerprint density at radius 3 is 0.949 bits per heavy atom. The second kappa shape index (κ2) is 18.5. The molecular formula is C48H76N2O8S. The second-order valence-corrected chi connectivity index (χ2v) is 22.5. The highest BCUT2D eigenvalue weighted by Crippen LogP contribution is 2.60. The highest BCUT2D eigenvalue weighted by atomic mass is 32.2. The highest BCUT2D eigenvalue weighted by Gasteiger charge is 2.51. The fraction of sp³-hybridized carbons (Fsp3) is 0.667. The van der Waals surface area contributed by atoms with Crippen LogP contribution in [0.1, 0.15) is 194 Å². The molecule has 0 bridgehead atoms. The van der Waals surface area contributed by atoms with Crippen molar-refractivity contribution in [2.45, 2.75) is 195 Å². The van der Waals surface area contributed by atoms with E-state index < -0.39 is 67.0 Å². The molecule has 10 nitrogen and oxygen atoms in total. The van der Waals surface area contributed by atoms with Gasteiger partial charge in [0, 0.05) is 35.4 Å². The maximum Gasteiger partial charge on any atom is 0.310 e. The first kappa shape index (κ1) is 51.4. The SMILES string of the molecule is CCC(=O)NC(C)CC(C)(C(=O)O)C(SC(c1cc(C(C)(C)C)c(O)c(C(C)(C)C)c1)C(C)(CC(C)NC(=O)CC)C(=O)O)c1cc(C(C)(C)C)c(O)c(C(C)(C)C)c1. The van der Waals surface area contributed by atoms with Gasteiger partial charge in [0.2, 0.25) is 11.8 Å².